The van der Waals surface area contributed by atoms with Gasteiger partial charge in [0, 0.05) is 5.03 Å². The van der Waals surface area contributed by atoms with Crippen LogP contribution in [0.4, 0.5) is 0 Å². The molecule has 1 aromatic carbocycles. The summed E-state index contributed by atoms with van der Waals surface area (Å²) in [4.78, 5) is 0. The molecule has 2 heteroatoms. The van der Waals surface area contributed by atoms with Gasteiger partial charge in [-0.1, -0.05) is 43.2 Å². The molecule has 0 atom stereocenters. The molecule has 1 radical (unpaired) electrons. The van der Waals surface area contributed by atoms with Crippen LogP contribution in [0.2, 0.25) is 0 Å². The summed E-state index contributed by atoms with van der Waals surface area (Å²) in [6, 6.07) is 8.41. The van der Waals surface area contributed by atoms with Gasteiger partial charge in [-0.3, -0.25) is 0 Å². The van der Waals surface area contributed by atoms with Gasteiger partial charge in [0.2, 0.25) is 0 Å². The fourth-order valence-corrected chi connectivity index (χ4v) is 1.76. The third-order valence-electron chi connectivity index (χ3n) is 2.56. The molecular weight excluding hydrogens is 317 g/mol. The minimum absolute atomic E-state index is 0. The molecule has 1 aliphatic rings. The second-order valence-corrected chi connectivity index (χ2v) is 4.37. The van der Waals surface area contributed by atoms with Crippen LogP contribution >= 0.6 is 11.6 Å². The molecule has 0 heterocycles. The van der Waals surface area contributed by atoms with E-state index in [1.54, 1.807) is 0 Å². The SMILES string of the molecule is CC[c-]1cccc1.ClC1=CCCC=CCC1.[Ru+]. The molecule has 0 amide bonds. The molecule has 0 spiro atoms. The molecule has 0 N–H and O–H groups in total. The van der Waals surface area contributed by atoms with Crippen LogP contribution in [-0.2, 0) is 25.9 Å². The van der Waals surface area contributed by atoms with Crippen molar-refractivity contribution in [3.05, 3.63) is 53.1 Å². The van der Waals surface area contributed by atoms with Gasteiger partial charge in [0.1, 0.15) is 0 Å². The molecule has 0 saturated carbocycles. The zero-order chi connectivity index (χ0) is 11.6. The summed E-state index contributed by atoms with van der Waals surface area (Å²) < 4.78 is 0. The van der Waals surface area contributed by atoms with Crippen molar-refractivity contribution in [1.29, 1.82) is 0 Å². The predicted octanol–water partition coefficient (Wildman–Crippen LogP) is 5.20. The summed E-state index contributed by atoms with van der Waals surface area (Å²) in [7, 11) is 0. The van der Waals surface area contributed by atoms with Crippen molar-refractivity contribution in [2.45, 2.75) is 39.0 Å². The topological polar surface area (TPSA) is 0 Å². The zero-order valence-corrected chi connectivity index (χ0v) is 12.8. The second kappa shape index (κ2) is 10.9. The first-order valence-electron chi connectivity index (χ1n) is 6.03. The molecule has 0 aromatic heterocycles. The molecule has 0 aliphatic heterocycles. The van der Waals surface area contributed by atoms with Gasteiger partial charge in [-0.05, 0) is 25.7 Å². The minimum atomic E-state index is 0. The van der Waals surface area contributed by atoms with E-state index in [0.29, 0.717) is 0 Å². The van der Waals surface area contributed by atoms with E-state index in [0.717, 1.165) is 37.1 Å². The summed E-state index contributed by atoms with van der Waals surface area (Å²) in [6.07, 6.45) is 12.1. The third-order valence-corrected chi connectivity index (χ3v) is 2.90. The van der Waals surface area contributed by atoms with E-state index < -0.39 is 0 Å². The van der Waals surface area contributed by atoms with Crippen molar-refractivity contribution in [1.82, 2.24) is 0 Å². The van der Waals surface area contributed by atoms with E-state index in [-0.39, 0.29) is 19.5 Å². The number of aryl methyl sites for hydroxylation is 1. The Hall–Kier alpha value is -0.257. The maximum Gasteiger partial charge on any atom is 1.00 e. The summed E-state index contributed by atoms with van der Waals surface area (Å²) in [6.45, 7) is 2.16. The maximum atomic E-state index is 5.82. The molecule has 0 fully saturated rings. The summed E-state index contributed by atoms with van der Waals surface area (Å²) in [5.41, 5.74) is 1.43. The average molecular weight is 337 g/mol. The van der Waals surface area contributed by atoms with Crippen LogP contribution in [0.15, 0.2) is 47.5 Å². The zero-order valence-electron chi connectivity index (χ0n) is 10.3. The van der Waals surface area contributed by atoms with Crippen molar-refractivity contribution in [3.8, 4) is 0 Å². The number of halogens is 1. The van der Waals surface area contributed by atoms with Gasteiger partial charge < -0.3 is 0 Å². The van der Waals surface area contributed by atoms with Gasteiger partial charge in [0.15, 0.2) is 0 Å². The molecule has 1 aromatic rings. The van der Waals surface area contributed by atoms with E-state index in [9.17, 15) is 0 Å². The summed E-state index contributed by atoms with van der Waals surface area (Å²) in [5, 5.41) is 1.03. The molecule has 17 heavy (non-hydrogen) atoms. The van der Waals surface area contributed by atoms with E-state index in [4.69, 9.17) is 11.6 Å². The number of rotatable bonds is 1. The Kier molecular flexibility index (Phi) is 10.7. The molecule has 0 saturated heterocycles. The van der Waals surface area contributed by atoms with E-state index in [2.05, 4.69) is 49.4 Å². The van der Waals surface area contributed by atoms with Gasteiger partial charge >= 0.3 is 19.5 Å². The first kappa shape index (κ1) is 16.7. The van der Waals surface area contributed by atoms with Gasteiger partial charge in [-0.15, -0.1) is 0 Å². The Morgan fingerprint density at radius 1 is 1.12 bits per heavy atom. The first-order chi connectivity index (χ1) is 7.83. The van der Waals surface area contributed by atoms with E-state index in [1.807, 2.05) is 0 Å². The smallest absolute Gasteiger partial charge is 0.213 e. The van der Waals surface area contributed by atoms with Gasteiger partial charge in [-0.25, -0.2) is 12.1 Å². The largest absolute Gasteiger partial charge is 1.00 e. The second-order valence-electron chi connectivity index (χ2n) is 3.89. The normalized spacial score (nSPS) is 14.6. The first-order valence-corrected chi connectivity index (χ1v) is 6.41. The molecule has 2 rings (SSSR count). The summed E-state index contributed by atoms with van der Waals surface area (Å²) in [5.74, 6) is 0. The molecule has 0 unspecified atom stereocenters. The Morgan fingerprint density at radius 3 is 2.35 bits per heavy atom. The Morgan fingerprint density at radius 2 is 1.76 bits per heavy atom. The van der Waals surface area contributed by atoms with Crippen LogP contribution in [-0.4, -0.2) is 0 Å². The fourth-order valence-electron chi connectivity index (χ4n) is 1.54. The average Bonchev–Trinajstić information content (AvgIpc) is 2.77. The monoisotopic (exact) mass is 337 g/mol. The molecule has 0 bridgehead atoms. The predicted molar refractivity (Wildman–Crippen MR) is 73.0 cm³/mol. The standard InChI is InChI=1S/C8H11Cl.C7H9.Ru/c9-8-6-4-2-1-3-5-7-8;1-2-7-5-3-4-6-7;/h1-2,7H,3-6H2;3-6H,2H2,1H3;/q;-1;+1. The number of hydrogen-bond donors (Lipinski definition) is 0. The van der Waals surface area contributed by atoms with E-state index >= 15 is 0 Å². The maximum absolute atomic E-state index is 5.82. The molecule has 1 aliphatic carbocycles. The molecule has 95 valence electrons. The quantitative estimate of drug-likeness (QED) is 0.375. The Labute approximate surface area is 123 Å². The van der Waals surface area contributed by atoms with Crippen molar-refractivity contribution >= 4 is 11.6 Å². The van der Waals surface area contributed by atoms with Crippen LogP contribution in [0.5, 0.6) is 0 Å². The van der Waals surface area contributed by atoms with E-state index in [1.165, 1.54) is 5.56 Å². The van der Waals surface area contributed by atoms with Crippen molar-refractivity contribution in [2.24, 2.45) is 0 Å². The van der Waals surface area contributed by atoms with Crippen molar-refractivity contribution in [3.63, 3.8) is 0 Å². The van der Waals surface area contributed by atoms with Crippen LogP contribution in [0.3, 0.4) is 0 Å². The van der Waals surface area contributed by atoms with Crippen LogP contribution in [0, 0.1) is 0 Å². The van der Waals surface area contributed by atoms with Gasteiger partial charge in [0.25, 0.3) is 0 Å². The van der Waals surface area contributed by atoms with Crippen LogP contribution < -0.4 is 0 Å². The molecule has 0 nitrogen and oxygen atoms in total. The van der Waals surface area contributed by atoms with Crippen LogP contribution in [0.1, 0.15) is 38.2 Å². The number of allylic oxidation sites excluding steroid dienone is 4. The fraction of sp³-hybridized carbons (Fsp3) is 0.400. The summed E-state index contributed by atoms with van der Waals surface area (Å²) >= 11 is 5.82. The Balaban J connectivity index is 0.000000292. The molecular formula is C15H20ClRu. The Bertz CT molecular complexity index is 323. The van der Waals surface area contributed by atoms with Gasteiger partial charge in [-0.2, -0.15) is 17.7 Å². The van der Waals surface area contributed by atoms with Gasteiger partial charge in [0.05, 0.1) is 0 Å². The van der Waals surface area contributed by atoms with Crippen molar-refractivity contribution in [2.75, 3.05) is 0 Å². The van der Waals surface area contributed by atoms with Crippen LogP contribution in [0.25, 0.3) is 0 Å². The van der Waals surface area contributed by atoms with Crippen molar-refractivity contribution < 1.29 is 19.5 Å². The third kappa shape index (κ3) is 8.46. The minimum Gasteiger partial charge on any atom is -0.213 e. The number of hydrogen-bond acceptors (Lipinski definition) is 0.